The molecule has 24 heavy (non-hydrogen) atoms. The van der Waals surface area contributed by atoms with Crippen molar-refractivity contribution in [2.75, 3.05) is 0 Å². The van der Waals surface area contributed by atoms with Gasteiger partial charge >= 0.3 is 0 Å². The lowest BCUT2D eigenvalue weighted by Gasteiger charge is -2.06. The molecule has 1 aliphatic rings. The molecule has 5 rings (SSSR count). The largest absolute Gasteiger partial charge is 1.00 e. The molecule has 3 heteroatoms. The lowest BCUT2D eigenvalue weighted by Crippen LogP contribution is -3.00. The number of fused-ring (bicyclic) bond motifs is 3. The second-order valence-electron chi connectivity index (χ2n) is 6.01. The molecule has 2 nitrogen and oxygen atoms in total. The summed E-state index contributed by atoms with van der Waals surface area (Å²) in [5.74, 6) is 0. The number of aromatic nitrogens is 2. The average molecular weight is 422 g/mol. The van der Waals surface area contributed by atoms with Crippen molar-refractivity contribution < 1.29 is 28.5 Å². The minimum Gasteiger partial charge on any atom is -1.00 e. The first kappa shape index (κ1) is 15.3. The third kappa shape index (κ3) is 2.08. The third-order valence-electron chi connectivity index (χ3n) is 4.62. The van der Waals surface area contributed by atoms with Crippen molar-refractivity contribution in [2.45, 2.75) is 0 Å². The predicted octanol–water partition coefficient (Wildman–Crippen LogP) is 1.38. The second kappa shape index (κ2) is 5.67. The zero-order valence-electron chi connectivity index (χ0n) is 13.2. The Labute approximate surface area is 157 Å². The summed E-state index contributed by atoms with van der Waals surface area (Å²) < 4.78 is 2.20. The van der Waals surface area contributed by atoms with E-state index in [0.717, 1.165) is 17.0 Å². The van der Waals surface area contributed by atoms with Crippen LogP contribution in [0.3, 0.4) is 0 Å². The van der Waals surface area contributed by atoms with Crippen molar-refractivity contribution in [1.82, 2.24) is 4.98 Å². The van der Waals surface area contributed by atoms with Crippen molar-refractivity contribution in [1.29, 1.82) is 0 Å². The maximum atomic E-state index is 5.01. The molecule has 0 atom stereocenters. The Hall–Kier alpha value is -2.27. The Morgan fingerprint density at radius 1 is 0.833 bits per heavy atom. The number of nitrogens with zero attached hydrogens (tertiary/aromatic N) is 2. The van der Waals surface area contributed by atoms with Gasteiger partial charge in [0, 0.05) is 17.2 Å². The van der Waals surface area contributed by atoms with Crippen molar-refractivity contribution in [2.24, 2.45) is 7.05 Å². The van der Waals surface area contributed by atoms with E-state index in [1.165, 1.54) is 27.6 Å². The number of hydrogen-bond donors (Lipinski definition) is 0. The van der Waals surface area contributed by atoms with Crippen LogP contribution in [0.15, 0.2) is 72.9 Å². The molecule has 116 valence electrons. The fourth-order valence-electron chi connectivity index (χ4n) is 3.56. The Balaban J connectivity index is 0.00000146. The van der Waals surface area contributed by atoms with Gasteiger partial charge in [-0.25, -0.2) is 9.55 Å². The lowest BCUT2D eigenvalue weighted by molar-refractivity contribution is -0.659. The highest BCUT2D eigenvalue weighted by Gasteiger charge is 2.29. The first-order valence-corrected chi connectivity index (χ1v) is 7.81. The average Bonchev–Trinajstić information content (AvgIpc) is 2.95. The van der Waals surface area contributed by atoms with Crippen LogP contribution in [0.2, 0.25) is 0 Å². The molecule has 2 aromatic heterocycles. The lowest BCUT2D eigenvalue weighted by atomic mass is 10.1. The van der Waals surface area contributed by atoms with Crippen LogP contribution < -0.4 is 28.5 Å². The summed E-state index contributed by atoms with van der Waals surface area (Å²) in [4.78, 5) is 5.01. The van der Waals surface area contributed by atoms with Crippen molar-refractivity contribution in [3.05, 3.63) is 72.9 Å². The number of hydrogen-bond acceptors (Lipinski definition) is 1. The molecule has 0 fully saturated rings. The van der Waals surface area contributed by atoms with Gasteiger partial charge in [0.15, 0.2) is 6.20 Å². The second-order valence-corrected chi connectivity index (χ2v) is 6.01. The van der Waals surface area contributed by atoms with E-state index in [4.69, 9.17) is 4.98 Å². The van der Waals surface area contributed by atoms with Gasteiger partial charge in [-0.2, -0.15) is 0 Å². The summed E-state index contributed by atoms with van der Waals surface area (Å²) in [6.45, 7) is 0. The van der Waals surface area contributed by atoms with E-state index in [-0.39, 0.29) is 24.0 Å². The first-order valence-electron chi connectivity index (χ1n) is 7.81. The standard InChI is InChI=1S/C21H15N2.HI/c1-23-12-11-15-13-18(14-7-3-2-4-8-14)22-20-16-9-5-6-10-17(16)21(23)19(15)20;/h2-13H,1H3;1H/q+1;/p-1. The van der Waals surface area contributed by atoms with Crippen LogP contribution in [0, 0.1) is 0 Å². The van der Waals surface area contributed by atoms with E-state index in [1.807, 2.05) is 6.07 Å². The Bertz CT molecular complexity index is 1070. The van der Waals surface area contributed by atoms with E-state index >= 15 is 0 Å². The smallest absolute Gasteiger partial charge is 0.223 e. The molecule has 0 N–H and O–H groups in total. The van der Waals surface area contributed by atoms with Crippen LogP contribution in [0.25, 0.3) is 44.5 Å². The summed E-state index contributed by atoms with van der Waals surface area (Å²) in [5, 5.41) is 2.51. The number of benzene rings is 2. The normalized spacial score (nSPS) is 11.2. The molecule has 0 radical (unpaired) electrons. The van der Waals surface area contributed by atoms with Gasteiger partial charge in [-0.3, -0.25) is 0 Å². The van der Waals surface area contributed by atoms with E-state index in [9.17, 15) is 0 Å². The maximum Gasteiger partial charge on any atom is 0.223 e. The highest BCUT2D eigenvalue weighted by molar-refractivity contribution is 6.12. The van der Waals surface area contributed by atoms with Crippen LogP contribution in [0.5, 0.6) is 0 Å². The van der Waals surface area contributed by atoms with Gasteiger partial charge in [-0.1, -0.05) is 48.5 Å². The van der Waals surface area contributed by atoms with Crippen LogP contribution >= 0.6 is 0 Å². The van der Waals surface area contributed by atoms with E-state index in [0.29, 0.717) is 0 Å². The summed E-state index contributed by atoms with van der Waals surface area (Å²) in [5.41, 5.74) is 7.05. The van der Waals surface area contributed by atoms with Gasteiger partial charge < -0.3 is 24.0 Å². The quantitative estimate of drug-likeness (QED) is 0.295. The Morgan fingerprint density at radius 3 is 2.33 bits per heavy atom. The van der Waals surface area contributed by atoms with Crippen LogP contribution in [0.1, 0.15) is 0 Å². The Kier molecular flexibility index (Phi) is 3.61. The molecule has 1 aliphatic carbocycles. The SMILES string of the molecule is C[n+]1ccc2cc(-c3ccccc3)nc3c2c1-c1ccccc1-3.[I-]. The maximum absolute atomic E-state index is 5.01. The van der Waals surface area contributed by atoms with Gasteiger partial charge in [0.25, 0.3) is 0 Å². The van der Waals surface area contributed by atoms with Gasteiger partial charge in [-0.15, -0.1) is 0 Å². The Morgan fingerprint density at radius 2 is 1.54 bits per heavy atom. The molecular weight excluding hydrogens is 407 g/mol. The third-order valence-corrected chi connectivity index (χ3v) is 4.62. The molecule has 0 saturated heterocycles. The number of aryl methyl sites for hydroxylation is 1. The van der Waals surface area contributed by atoms with Gasteiger partial charge in [0.2, 0.25) is 5.69 Å². The fourth-order valence-corrected chi connectivity index (χ4v) is 3.56. The van der Waals surface area contributed by atoms with Gasteiger partial charge in [-0.05, 0) is 17.5 Å². The molecule has 0 saturated carbocycles. The minimum atomic E-state index is 0. The van der Waals surface area contributed by atoms with E-state index in [1.54, 1.807) is 0 Å². The van der Waals surface area contributed by atoms with Crippen LogP contribution in [-0.2, 0) is 7.05 Å². The molecule has 2 heterocycles. The molecule has 2 aromatic carbocycles. The molecular formula is C21H15IN2. The van der Waals surface area contributed by atoms with Crippen molar-refractivity contribution >= 4 is 10.8 Å². The molecule has 0 unspecified atom stereocenters. The highest BCUT2D eigenvalue weighted by atomic mass is 127. The van der Waals surface area contributed by atoms with Crippen LogP contribution in [0.4, 0.5) is 0 Å². The molecule has 4 aromatic rings. The summed E-state index contributed by atoms with van der Waals surface area (Å²) in [6, 6.07) is 23.3. The van der Waals surface area contributed by atoms with E-state index < -0.39 is 0 Å². The number of pyridine rings is 2. The summed E-state index contributed by atoms with van der Waals surface area (Å²) in [6.07, 6.45) is 2.14. The van der Waals surface area contributed by atoms with Gasteiger partial charge in [0.05, 0.1) is 22.3 Å². The molecule has 0 spiro atoms. The fraction of sp³-hybridized carbons (Fsp3) is 0.0476. The monoisotopic (exact) mass is 422 g/mol. The number of halogens is 1. The minimum absolute atomic E-state index is 0. The molecule has 0 amide bonds. The molecule has 0 aliphatic heterocycles. The van der Waals surface area contributed by atoms with E-state index in [2.05, 4.69) is 78.5 Å². The van der Waals surface area contributed by atoms with Crippen molar-refractivity contribution in [3.63, 3.8) is 0 Å². The predicted molar refractivity (Wildman–Crippen MR) is 92.8 cm³/mol. The zero-order valence-corrected chi connectivity index (χ0v) is 15.4. The van der Waals surface area contributed by atoms with Crippen molar-refractivity contribution in [3.8, 4) is 33.8 Å². The molecule has 0 bridgehead atoms. The van der Waals surface area contributed by atoms with Gasteiger partial charge in [0.1, 0.15) is 7.05 Å². The summed E-state index contributed by atoms with van der Waals surface area (Å²) in [7, 11) is 2.10. The zero-order chi connectivity index (χ0) is 15.4. The number of rotatable bonds is 1. The topological polar surface area (TPSA) is 16.8 Å². The summed E-state index contributed by atoms with van der Waals surface area (Å²) >= 11 is 0. The highest BCUT2D eigenvalue weighted by Crippen LogP contribution is 2.44. The van der Waals surface area contributed by atoms with Crippen LogP contribution in [-0.4, -0.2) is 4.98 Å². The first-order chi connectivity index (χ1) is 11.3.